The highest BCUT2D eigenvalue weighted by Crippen LogP contribution is 2.17. The number of amides is 1. The van der Waals surface area contributed by atoms with Crippen molar-refractivity contribution in [2.24, 2.45) is 0 Å². The number of rotatable bonds is 4. The molecule has 0 aliphatic heterocycles. The zero-order valence-electron chi connectivity index (χ0n) is 9.60. The molecule has 0 atom stereocenters. The number of carbonyl (C=O) groups excluding carboxylic acids is 2. The largest absolute Gasteiger partial charge is 0.468 e. The van der Waals surface area contributed by atoms with Gasteiger partial charge in [0.05, 0.1) is 13.4 Å². The van der Waals surface area contributed by atoms with Crippen molar-refractivity contribution in [2.45, 2.75) is 0 Å². The molecule has 7 nitrogen and oxygen atoms in total. The second-order valence-electron chi connectivity index (χ2n) is 3.40. The lowest BCUT2D eigenvalue weighted by Crippen LogP contribution is -2.30. The molecule has 7 heteroatoms. The highest BCUT2D eigenvalue weighted by molar-refractivity contribution is 5.94. The number of carbonyl (C=O) groups is 2. The molecule has 0 fully saturated rings. The van der Waals surface area contributed by atoms with Crippen molar-refractivity contribution in [3.05, 3.63) is 30.2 Å². The molecule has 0 aliphatic carbocycles. The van der Waals surface area contributed by atoms with Gasteiger partial charge in [-0.2, -0.15) is 5.10 Å². The van der Waals surface area contributed by atoms with E-state index in [2.05, 4.69) is 20.3 Å². The quantitative estimate of drug-likeness (QED) is 0.772. The first-order valence-electron chi connectivity index (χ1n) is 5.15. The number of ether oxygens (including phenoxy) is 1. The predicted octanol–water partition coefficient (Wildman–Crippen LogP) is 0.572. The summed E-state index contributed by atoms with van der Waals surface area (Å²) in [6, 6.07) is 5.00. The van der Waals surface area contributed by atoms with Crippen LogP contribution in [0.3, 0.4) is 0 Å². The molecule has 1 amide bonds. The molecule has 2 heterocycles. The predicted molar refractivity (Wildman–Crippen MR) is 60.6 cm³/mol. The fourth-order valence-electron chi connectivity index (χ4n) is 1.31. The van der Waals surface area contributed by atoms with E-state index in [4.69, 9.17) is 4.42 Å². The zero-order chi connectivity index (χ0) is 13.0. The van der Waals surface area contributed by atoms with E-state index in [9.17, 15) is 9.59 Å². The number of hydrogen-bond acceptors (Lipinski definition) is 5. The van der Waals surface area contributed by atoms with Crippen LogP contribution in [0.4, 0.5) is 0 Å². The molecule has 0 saturated heterocycles. The maximum absolute atomic E-state index is 11.6. The number of H-pyrrole nitrogens is 1. The Balaban J connectivity index is 2.02. The molecular formula is C11H11N3O4. The number of nitrogens with one attached hydrogen (secondary N) is 2. The Morgan fingerprint density at radius 1 is 1.56 bits per heavy atom. The van der Waals surface area contributed by atoms with Gasteiger partial charge in [-0.1, -0.05) is 0 Å². The van der Waals surface area contributed by atoms with Gasteiger partial charge < -0.3 is 14.5 Å². The van der Waals surface area contributed by atoms with E-state index >= 15 is 0 Å². The maximum atomic E-state index is 11.6. The molecule has 2 N–H and O–H groups in total. The van der Waals surface area contributed by atoms with Gasteiger partial charge >= 0.3 is 5.97 Å². The van der Waals surface area contributed by atoms with Gasteiger partial charge in [0.15, 0.2) is 11.5 Å². The van der Waals surface area contributed by atoms with Crippen LogP contribution in [0.5, 0.6) is 0 Å². The van der Waals surface area contributed by atoms with Crippen LogP contribution in [-0.4, -0.2) is 35.7 Å². The Morgan fingerprint density at radius 2 is 2.39 bits per heavy atom. The van der Waals surface area contributed by atoms with E-state index in [1.807, 2.05) is 0 Å². The minimum Gasteiger partial charge on any atom is -0.468 e. The van der Waals surface area contributed by atoms with Crippen molar-refractivity contribution in [1.82, 2.24) is 15.5 Å². The van der Waals surface area contributed by atoms with Crippen LogP contribution in [0.25, 0.3) is 11.5 Å². The van der Waals surface area contributed by atoms with Crippen LogP contribution >= 0.6 is 0 Å². The summed E-state index contributed by atoms with van der Waals surface area (Å²) >= 11 is 0. The van der Waals surface area contributed by atoms with Gasteiger partial charge in [-0.25, -0.2) is 0 Å². The van der Waals surface area contributed by atoms with Gasteiger partial charge in [0.1, 0.15) is 12.2 Å². The topological polar surface area (TPSA) is 97.2 Å². The fraction of sp³-hybridized carbons (Fsp3) is 0.182. The smallest absolute Gasteiger partial charge is 0.325 e. The molecule has 2 aromatic rings. The molecule has 0 saturated carbocycles. The number of esters is 1. The van der Waals surface area contributed by atoms with E-state index in [0.29, 0.717) is 11.5 Å². The standard InChI is InChI=1S/C11H11N3O4/c1-17-10(15)6-12-11(16)8-5-7(13-14-8)9-3-2-4-18-9/h2-5H,6H2,1H3,(H,12,16)(H,13,14). The van der Waals surface area contributed by atoms with Crippen LogP contribution in [-0.2, 0) is 9.53 Å². The summed E-state index contributed by atoms with van der Waals surface area (Å²) in [6.45, 7) is -0.196. The van der Waals surface area contributed by atoms with Crippen LogP contribution in [0.2, 0.25) is 0 Å². The van der Waals surface area contributed by atoms with E-state index in [-0.39, 0.29) is 12.2 Å². The first-order valence-corrected chi connectivity index (χ1v) is 5.15. The van der Waals surface area contributed by atoms with Gasteiger partial charge in [-0.15, -0.1) is 0 Å². The summed E-state index contributed by atoms with van der Waals surface area (Å²) in [4.78, 5) is 22.5. The number of methoxy groups -OCH3 is 1. The van der Waals surface area contributed by atoms with Gasteiger partial charge in [-0.05, 0) is 12.1 Å². The van der Waals surface area contributed by atoms with Crippen molar-refractivity contribution in [2.75, 3.05) is 13.7 Å². The molecule has 0 spiro atoms. The molecule has 0 bridgehead atoms. The molecule has 94 valence electrons. The molecule has 18 heavy (non-hydrogen) atoms. The van der Waals surface area contributed by atoms with Crippen LogP contribution < -0.4 is 5.32 Å². The lowest BCUT2D eigenvalue weighted by Gasteiger charge is -2.00. The summed E-state index contributed by atoms with van der Waals surface area (Å²) < 4.78 is 9.55. The normalized spacial score (nSPS) is 10.1. The average Bonchev–Trinajstić information content (AvgIpc) is 3.04. The molecule has 0 radical (unpaired) electrons. The second-order valence-corrected chi connectivity index (χ2v) is 3.40. The first kappa shape index (κ1) is 11.9. The lowest BCUT2D eigenvalue weighted by molar-refractivity contribution is -0.139. The molecule has 0 aromatic carbocycles. The van der Waals surface area contributed by atoms with Crippen LogP contribution in [0.15, 0.2) is 28.9 Å². The lowest BCUT2D eigenvalue weighted by atomic mass is 10.3. The summed E-state index contributed by atoms with van der Waals surface area (Å²) in [5.41, 5.74) is 0.758. The number of aromatic nitrogens is 2. The number of nitrogens with zero attached hydrogens (tertiary/aromatic N) is 1. The van der Waals surface area contributed by atoms with E-state index < -0.39 is 11.9 Å². The fourth-order valence-corrected chi connectivity index (χ4v) is 1.31. The van der Waals surface area contributed by atoms with Crippen LogP contribution in [0, 0.1) is 0 Å². The number of aromatic amines is 1. The van der Waals surface area contributed by atoms with Gasteiger partial charge in [0, 0.05) is 6.07 Å². The Bertz CT molecular complexity index is 544. The zero-order valence-corrected chi connectivity index (χ0v) is 9.60. The molecule has 2 aromatic heterocycles. The van der Waals surface area contributed by atoms with Crippen molar-refractivity contribution in [3.63, 3.8) is 0 Å². The van der Waals surface area contributed by atoms with Crippen LogP contribution in [0.1, 0.15) is 10.5 Å². The number of hydrogen-bond donors (Lipinski definition) is 2. The third-order valence-electron chi connectivity index (χ3n) is 2.22. The molecular weight excluding hydrogens is 238 g/mol. The van der Waals surface area contributed by atoms with E-state index in [0.717, 1.165) is 0 Å². The van der Waals surface area contributed by atoms with Crippen molar-refractivity contribution < 1.29 is 18.7 Å². The highest BCUT2D eigenvalue weighted by atomic mass is 16.5. The van der Waals surface area contributed by atoms with E-state index in [1.165, 1.54) is 19.4 Å². The minimum atomic E-state index is -0.523. The third kappa shape index (κ3) is 2.57. The maximum Gasteiger partial charge on any atom is 0.325 e. The number of furan rings is 1. The van der Waals surface area contributed by atoms with Gasteiger partial charge in [-0.3, -0.25) is 14.7 Å². The summed E-state index contributed by atoms with van der Waals surface area (Å²) in [5.74, 6) is -0.408. The Morgan fingerprint density at radius 3 is 3.06 bits per heavy atom. The van der Waals surface area contributed by atoms with Gasteiger partial charge in [0.2, 0.25) is 0 Å². The van der Waals surface area contributed by atoms with E-state index in [1.54, 1.807) is 12.1 Å². The average molecular weight is 249 g/mol. The Labute approximate surface area is 102 Å². The van der Waals surface area contributed by atoms with Crippen molar-refractivity contribution in [1.29, 1.82) is 0 Å². The Hall–Kier alpha value is -2.57. The summed E-state index contributed by atoms with van der Waals surface area (Å²) in [7, 11) is 1.25. The molecule has 2 rings (SSSR count). The minimum absolute atomic E-state index is 0.172. The second kappa shape index (κ2) is 5.17. The van der Waals surface area contributed by atoms with Crippen molar-refractivity contribution in [3.8, 4) is 11.5 Å². The summed E-state index contributed by atoms with van der Waals surface area (Å²) in [5, 5.41) is 8.88. The molecule has 0 unspecified atom stereocenters. The first-order chi connectivity index (χ1) is 8.70. The third-order valence-corrected chi connectivity index (χ3v) is 2.22. The SMILES string of the molecule is COC(=O)CNC(=O)c1cc(-c2ccco2)[nH]n1. The highest BCUT2D eigenvalue weighted by Gasteiger charge is 2.13. The van der Waals surface area contributed by atoms with Gasteiger partial charge in [0.25, 0.3) is 5.91 Å². The monoisotopic (exact) mass is 249 g/mol. The summed E-state index contributed by atoms with van der Waals surface area (Å²) in [6.07, 6.45) is 1.52. The Kier molecular flexibility index (Phi) is 3.42. The molecule has 0 aliphatic rings. The van der Waals surface area contributed by atoms with Crippen molar-refractivity contribution >= 4 is 11.9 Å².